The molecule has 22 heavy (non-hydrogen) atoms. The van der Waals surface area contributed by atoms with Crippen molar-refractivity contribution in [3.8, 4) is 16.9 Å². The van der Waals surface area contributed by atoms with E-state index in [2.05, 4.69) is 4.98 Å². The van der Waals surface area contributed by atoms with Gasteiger partial charge in [0.05, 0.1) is 18.2 Å². The molecule has 1 heterocycles. The summed E-state index contributed by atoms with van der Waals surface area (Å²) in [5.41, 5.74) is 4.21. The summed E-state index contributed by atoms with van der Waals surface area (Å²) >= 11 is 0. The summed E-state index contributed by atoms with van der Waals surface area (Å²) in [4.78, 5) is 15.0. The second kappa shape index (κ2) is 5.55. The standard InChI is InChI=1S/C14H11F3N2O3/c1-22-11-3-2-7(14(15,16)17)4-8(11)10-6-19-12(18)5-9(10)13(20)21/h2-6H,1H3,(H2,18,19)(H,20,21). The van der Waals surface area contributed by atoms with Gasteiger partial charge < -0.3 is 15.6 Å². The normalized spacial score (nSPS) is 11.3. The van der Waals surface area contributed by atoms with Gasteiger partial charge in [0.2, 0.25) is 0 Å². The van der Waals surface area contributed by atoms with E-state index >= 15 is 0 Å². The van der Waals surface area contributed by atoms with Crippen LogP contribution in [0.5, 0.6) is 5.75 Å². The SMILES string of the molecule is COc1ccc(C(F)(F)F)cc1-c1cnc(N)cc1C(=O)O. The molecule has 2 rings (SSSR count). The highest BCUT2D eigenvalue weighted by molar-refractivity contribution is 5.97. The predicted octanol–water partition coefficient (Wildman–Crippen LogP) is 3.06. The molecule has 0 bridgehead atoms. The fourth-order valence-corrected chi connectivity index (χ4v) is 1.96. The van der Waals surface area contributed by atoms with Crippen molar-refractivity contribution in [3.63, 3.8) is 0 Å². The van der Waals surface area contributed by atoms with Crippen molar-refractivity contribution in [1.82, 2.24) is 4.98 Å². The zero-order valence-corrected chi connectivity index (χ0v) is 11.3. The summed E-state index contributed by atoms with van der Waals surface area (Å²) in [5.74, 6) is -1.28. The van der Waals surface area contributed by atoms with E-state index in [0.717, 1.165) is 30.5 Å². The van der Waals surface area contributed by atoms with Crippen LogP contribution >= 0.6 is 0 Å². The van der Waals surface area contributed by atoms with Gasteiger partial charge in [0, 0.05) is 17.3 Å². The van der Waals surface area contributed by atoms with Gasteiger partial charge in [-0.05, 0) is 24.3 Å². The summed E-state index contributed by atoms with van der Waals surface area (Å²) in [6.45, 7) is 0. The first-order chi connectivity index (χ1) is 10.2. The van der Waals surface area contributed by atoms with Gasteiger partial charge in [-0.25, -0.2) is 9.78 Å². The van der Waals surface area contributed by atoms with Gasteiger partial charge in [-0.1, -0.05) is 0 Å². The van der Waals surface area contributed by atoms with E-state index < -0.39 is 17.7 Å². The number of rotatable bonds is 3. The molecule has 0 unspecified atom stereocenters. The largest absolute Gasteiger partial charge is 0.496 e. The highest BCUT2D eigenvalue weighted by Gasteiger charge is 2.31. The fraction of sp³-hybridized carbons (Fsp3) is 0.143. The molecule has 0 aliphatic carbocycles. The number of nitrogens with zero attached hydrogens (tertiary/aromatic N) is 1. The van der Waals surface area contributed by atoms with Crippen molar-refractivity contribution >= 4 is 11.8 Å². The Morgan fingerprint density at radius 2 is 1.95 bits per heavy atom. The van der Waals surface area contributed by atoms with Crippen LogP contribution in [-0.2, 0) is 6.18 Å². The number of alkyl halides is 3. The predicted molar refractivity (Wildman–Crippen MR) is 72.6 cm³/mol. The Hall–Kier alpha value is -2.77. The number of halogens is 3. The van der Waals surface area contributed by atoms with Gasteiger partial charge >= 0.3 is 12.1 Å². The highest BCUT2D eigenvalue weighted by Crippen LogP contribution is 2.38. The number of nitrogen functional groups attached to an aromatic ring is 1. The van der Waals surface area contributed by atoms with Crippen LogP contribution in [0.4, 0.5) is 19.0 Å². The number of carboxylic acids is 1. The quantitative estimate of drug-likeness (QED) is 0.910. The van der Waals surface area contributed by atoms with Crippen molar-refractivity contribution in [2.75, 3.05) is 12.8 Å². The highest BCUT2D eigenvalue weighted by atomic mass is 19.4. The van der Waals surface area contributed by atoms with E-state index in [1.165, 1.54) is 7.11 Å². The van der Waals surface area contributed by atoms with Crippen LogP contribution in [-0.4, -0.2) is 23.2 Å². The van der Waals surface area contributed by atoms with Gasteiger partial charge in [-0.3, -0.25) is 0 Å². The molecule has 0 atom stereocenters. The van der Waals surface area contributed by atoms with E-state index in [1.54, 1.807) is 0 Å². The maximum atomic E-state index is 12.8. The number of carboxylic acid groups (broad SMARTS) is 1. The lowest BCUT2D eigenvalue weighted by atomic mass is 9.98. The smallest absolute Gasteiger partial charge is 0.416 e. The van der Waals surface area contributed by atoms with Crippen molar-refractivity contribution in [2.24, 2.45) is 0 Å². The average Bonchev–Trinajstić information content (AvgIpc) is 2.45. The molecule has 1 aromatic heterocycles. The molecule has 3 N–H and O–H groups in total. The van der Waals surface area contributed by atoms with Crippen LogP contribution in [0.3, 0.4) is 0 Å². The molecule has 0 amide bonds. The van der Waals surface area contributed by atoms with Crippen molar-refractivity contribution < 1.29 is 27.8 Å². The first-order valence-electron chi connectivity index (χ1n) is 5.98. The summed E-state index contributed by atoms with van der Waals surface area (Å²) in [7, 11) is 1.28. The third-order valence-electron chi connectivity index (χ3n) is 2.97. The first kappa shape index (κ1) is 15.6. The summed E-state index contributed by atoms with van der Waals surface area (Å²) < 4.78 is 43.6. The molecule has 0 radical (unpaired) electrons. The minimum atomic E-state index is -4.56. The lowest BCUT2D eigenvalue weighted by Gasteiger charge is -2.14. The minimum Gasteiger partial charge on any atom is -0.496 e. The third-order valence-corrected chi connectivity index (χ3v) is 2.97. The van der Waals surface area contributed by atoms with Gasteiger partial charge in [0.15, 0.2) is 0 Å². The first-order valence-corrected chi connectivity index (χ1v) is 5.98. The minimum absolute atomic E-state index is 0.00958. The molecule has 1 aromatic carbocycles. The van der Waals surface area contributed by atoms with Crippen molar-refractivity contribution in [3.05, 3.63) is 41.6 Å². The molecule has 0 spiro atoms. The Kier molecular flexibility index (Phi) is 3.94. The molecular weight excluding hydrogens is 301 g/mol. The number of hydrogen-bond donors (Lipinski definition) is 2. The van der Waals surface area contributed by atoms with Gasteiger partial charge in [0.1, 0.15) is 11.6 Å². The third kappa shape index (κ3) is 2.95. The topological polar surface area (TPSA) is 85.4 Å². The summed E-state index contributed by atoms with van der Waals surface area (Å²) in [5, 5.41) is 9.20. The van der Waals surface area contributed by atoms with E-state index in [-0.39, 0.29) is 28.3 Å². The Labute approximate surface area is 123 Å². The number of ether oxygens (including phenoxy) is 1. The lowest BCUT2D eigenvalue weighted by Crippen LogP contribution is -2.07. The Bertz CT molecular complexity index is 730. The van der Waals surface area contributed by atoms with E-state index in [4.69, 9.17) is 10.5 Å². The number of pyridine rings is 1. The molecule has 0 saturated heterocycles. The molecule has 0 aliphatic rings. The van der Waals surface area contributed by atoms with Gasteiger partial charge in [-0.15, -0.1) is 0 Å². The number of carbonyl (C=O) groups is 1. The molecule has 0 aliphatic heterocycles. The van der Waals surface area contributed by atoms with Gasteiger partial charge in [0.25, 0.3) is 0 Å². The molecule has 116 valence electrons. The van der Waals surface area contributed by atoms with Crippen LogP contribution in [0.2, 0.25) is 0 Å². The van der Waals surface area contributed by atoms with Crippen LogP contribution < -0.4 is 10.5 Å². The summed E-state index contributed by atoms with van der Waals surface area (Å²) in [6, 6.07) is 3.88. The molecule has 5 nitrogen and oxygen atoms in total. The number of aromatic nitrogens is 1. The average molecular weight is 312 g/mol. The van der Waals surface area contributed by atoms with Crippen molar-refractivity contribution in [1.29, 1.82) is 0 Å². The number of hydrogen-bond acceptors (Lipinski definition) is 4. The maximum Gasteiger partial charge on any atom is 0.416 e. The molecule has 0 saturated carbocycles. The zero-order valence-electron chi connectivity index (χ0n) is 11.3. The lowest BCUT2D eigenvalue weighted by molar-refractivity contribution is -0.137. The van der Waals surface area contributed by atoms with Crippen LogP contribution in [0.25, 0.3) is 11.1 Å². The molecule has 8 heteroatoms. The van der Waals surface area contributed by atoms with Crippen LogP contribution in [0.1, 0.15) is 15.9 Å². The number of methoxy groups -OCH3 is 1. The molecular formula is C14H11F3N2O3. The Balaban J connectivity index is 2.73. The van der Waals surface area contributed by atoms with Crippen molar-refractivity contribution in [2.45, 2.75) is 6.18 Å². The van der Waals surface area contributed by atoms with Gasteiger partial charge in [-0.2, -0.15) is 13.2 Å². The summed E-state index contributed by atoms with van der Waals surface area (Å²) in [6.07, 6.45) is -3.46. The van der Waals surface area contributed by atoms with Crippen LogP contribution in [0, 0.1) is 0 Å². The second-order valence-electron chi connectivity index (χ2n) is 4.37. The Morgan fingerprint density at radius 3 is 2.50 bits per heavy atom. The van der Waals surface area contributed by atoms with E-state index in [0.29, 0.717) is 0 Å². The number of anilines is 1. The molecule has 0 fully saturated rings. The Morgan fingerprint density at radius 1 is 1.27 bits per heavy atom. The number of aromatic carboxylic acids is 1. The number of nitrogens with two attached hydrogens (primary N) is 1. The van der Waals surface area contributed by atoms with Crippen LogP contribution in [0.15, 0.2) is 30.5 Å². The number of benzene rings is 1. The zero-order chi connectivity index (χ0) is 16.5. The second-order valence-corrected chi connectivity index (χ2v) is 4.37. The van der Waals surface area contributed by atoms with E-state index in [1.807, 2.05) is 0 Å². The molecule has 2 aromatic rings. The van der Waals surface area contributed by atoms with E-state index in [9.17, 15) is 23.1 Å². The fourth-order valence-electron chi connectivity index (χ4n) is 1.96. The monoisotopic (exact) mass is 312 g/mol. The maximum absolute atomic E-state index is 12.8.